The van der Waals surface area contributed by atoms with E-state index in [9.17, 15) is 8.42 Å². The molecule has 12 heavy (non-hydrogen) atoms. The summed E-state index contributed by atoms with van der Waals surface area (Å²) in [7, 11) is -3.12. The van der Waals surface area contributed by atoms with Gasteiger partial charge in [0.25, 0.3) is 0 Å². The Labute approximate surface area is 70.9 Å². The van der Waals surface area contributed by atoms with Gasteiger partial charge in [-0.3, -0.25) is 0 Å². The summed E-state index contributed by atoms with van der Waals surface area (Å²) >= 11 is 0. The minimum absolute atomic E-state index is 0.0377. The van der Waals surface area contributed by atoms with Gasteiger partial charge in [0.05, 0.1) is 5.75 Å². The molecule has 0 saturated heterocycles. The van der Waals surface area contributed by atoms with Crippen molar-refractivity contribution in [3.05, 3.63) is 30.9 Å². The van der Waals surface area contributed by atoms with E-state index in [1.807, 2.05) is 0 Å². The van der Waals surface area contributed by atoms with Crippen LogP contribution in [0.2, 0.25) is 0 Å². The molecule has 0 N–H and O–H groups in total. The van der Waals surface area contributed by atoms with Gasteiger partial charge in [0.2, 0.25) is 0 Å². The molecule has 0 aromatic heterocycles. The third-order valence-corrected chi connectivity index (χ3v) is 3.26. The van der Waals surface area contributed by atoms with Gasteiger partial charge in [-0.1, -0.05) is 12.1 Å². The highest BCUT2D eigenvalue weighted by Gasteiger charge is 2.24. The summed E-state index contributed by atoms with van der Waals surface area (Å²) in [4.78, 5) is 0.285. The lowest BCUT2D eigenvalue weighted by Gasteiger charge is -2.15. The molecule has 1 aliphatic rings. The van der Waals surface area contributed by atoms with E-state index in [4.69, 9.17) is 4.74 Å². The highest BCUT2D eigenvalue weighted by molar-refractivity contribution is 7.91. The van der Waals surface area contributed by atoms with Crippen molar-refractivity contribution in [2.45, 2.75) is 4.90 Å². The zero-order valence-electron chi connectivity index (χ0n) is 6.23. The molecule has 1 radical (unpaired) electrons. The van der Waals surface area contributed by atoms with Crippen LogP contribution < -0.4 is 4.74 Å². The topological polar surface area (TPSA) is 43.4 Å². The van der Waals surface area contributed by atoms with Crippen LogP contribution in [-0.4, -0.2) is 14.2 Å². The van der Waals surface area contributed by atoms with Gasteiger partial charge in [-0.05, 0) is 12.1 Å². The van der Waals surface area contributed by atoms with Gasteiger partial charge < -0.3 is 4.74 Å². The maximum Gasteiger partial charge on any atom is 0.185 e. The lowest BCUT2D eigenvalue weighted by atomic mass is 10.3. The number of hydrogen-bond acceptors (Lipinski definition) is 3. The molecule has 0 saturated carbocycles. The number of hydrogen-bond donors (Lipinski definition) is 0. The van der Waals surface area contributed by atoms with Crippen molar-refractivity contribution in [1.82, 2.24) is 0 Å². The van der Waals surface area contributed by atoms with E-state index < -0.39 is 9.84 Å². The van der Waals surface area contributed by atoms with Crippen LogP contribution in [0.4, 0.5) is 0 Å². The van der Waals surface area contributed by atoms with E-state index >= 15 is 0 Å². The summed E-state index contributed by atoms with van der Waals surface area (Å²) in [6.45, 7) is 1.30. The van der Waals surface area contributed by atoms with Gasteiger partial charge in [0.1, 0.15) is 10.6 Å². The molecule has 0 amide bonds. The molecule has 2 rings (SSSR count). The van der Waals surface area contributed by atoms with E-state index in [2.05, 4.69) is 0 Å². The first-order valence-corrected chi connectivity index (χ1v) is 5.15. The Morgan fingerprint density at radius 3 is 2.75 bits per heavy atom. The van der Waals surface area contributed by atoms with Crippen molar-refractivity contribution >= 4 is 9.84 Å². The molecular formula is C8H7O3S. The Bertz CT molecular complexity index is 395. The van der Waals surface area contributed by atoms with Gasteiger partial charge in [0, 0.05) is 0 Å². The van der Waals surface area contributed by atoms with E-state index in [0.717, 1.165) is 0 Å². The summed E-state index contributed by atoms with van der Waals surface area (Å²) in [6, 6.07) is 6.62. The monoisotopic (exact) mass is 183 g/mol. The molecule has 0 aliphatic carbocycles. The Kier molecular flexibility index (Phi) is 1.58. The molecule has 1 aromatic carbocycles. The lowest BCUT2D eigenvalue weighted by molar-refractivity contribution is 0.394. The fraction of sp³-hybridized carbons (Fsp3) is 0.125. The third kappa shape index (κ3) is 1.08. The third-order valence-electron chi connectivity index (χ3n) is 1.68. The fourth-order valence-electron chi connectivity index (χ4n) is 1.11. The quantitative estimate of drug-likeness (QED) is 0.603. The smallest absolute Gasteiger partial charge is 0.185 e. The van der Waals surface area contributed by atoms with E-state index in [1.165, 1.54) is 6.61 Å². The number of fused-ring (bicyclic) bond motifs is 1. The van der Waals surface area contributed by atoms with Crippen LogP contribution >= 0.6 is 0 Å². The minimum Gasteiger partial charge on any atom is -0.484 e. The van der Waals surface area contributed by atoms with Crippen LogP contribution in [0, 0.1) is 6.61 Å². The first kappa shape index (κ1) is 7.61. The second-order valence-electron chi connectivity index (χ2n) is 2.51. The summed E-state index contributed by atoms with van der Waals surface area (Å²) < 4.78 is 27.8. The molecular weight excluding hydrogens is 176 g/mol. The van der Waals surface area contributed by atoms with Gasteiger partial charge in [0.15, 0.2) is 16.4 Å². The SMILES string of the molecule is O=S1(=O)C[CH]Oc2ccccc21. The van der Waals surface area contributed by atoms with Crippen molar-refractivity contribution in [2.75, 3.05) is 5.75 Å². The molecule has 1 heterocycles. The molecule has 0 fully saturated rings. The highest BCUT2D eigenvalue weighted by Crippen LogP contribution is 2.28. The molecule has 1 aliphatic heterocycles. The van der Waals surface area contributed by atoms with Crippen LogP contribution in [-0.2, 0) is 9.84 Å². The van der Waals surface area contributed by atoms with Gasteiger partial charge in [-0.15, -0.1) is 0 Å². The molecule has 1 aromatic rings. The van der Waals surface area contributed by atoms with Crippen LogP contribution in [0.1, 0.15) is 0 Å². The zero-order chi connectivity index (χ0) is 8.60. The molecule has 0 unspecified atom stereocenters. The predicted molar refractivity (Wildman–Crippen MR) is 43.4 cm³/mol. The molecule has 4 heteroatoms. The summed E-state index contributed by atoms with van der Waals surface area (Å²) in [5.74, 6) is 0.382. The maximum atomic E-state index is 11.4. The maximum absolute atomic E-state index is 11.4. The largest absolute Gasteiger partial charge is 0.484 e. The Hall–Kier alpha value is -1.03. The molecule has 0 atom stereocenters. The number of benzene rings is 1. The average Bonchev–Trinajstić information content (AvgIpc) is 2.04. The zero-order valence-corrected chi connectivity index (χ0v) is 7.04. The van der Waals surface area contributed by atoms with E-state index in [1.54, 1.807) is 24.3 Å². The average molecular weight is 183 g/mol. The van der Waals surface area contributed by atoms with Crippen molar-refractivity contribution in [3.63, 3.8) is 0 Å². The van der Waals surface area contributed by atoms with Gasteiger partial charge in [-0.2, -0.15) is 0 Å². The van der Waals surface area contributed by atoms with Crippen LogP contribution in [0.5, 0.6) is 5.75 Å². The Morgan fingerprint density at radius 2 is 2.00 bits per heavy atom. The second-order valence-corrected chi connectivity index (χ2v) is 4.52. The first-order chi connectivity index (χ1) is 5.70. The van der Waals surface area contributed by atoms with E-state index in [-0.39, 0.29) is 10.6 Å². The number of rotatable bonds is 0. The van der Waals surface area contributed by atoms with Crippen LogP contribution in [0.15, 0.2) is 29.2 Å². The Morgan fingerprint density at radius 1 is 1.25 bits per heavy atom. The van der Waals surface area contributed by atoms with Gasteiger partial charge in [-0.25, -0.2) is 8.42 Å². The summed E-state index contributed by atoms with van der Waals surface area (Å²) in [5, 5.41) is 0. The molecule has 63 valence electrons. The lowest BCUT2D eigenvalue weighted by Crippen LogP contribution is -2.16. The molecule has 3 nitrogen and oxygen atoms in total. The van der Waals surface area contributed by atoms with Crippen molar-refractivity contribution in [3.8, 4) is 5.75 Å². The highest BCUT2D eigenvalue weighted by atomic mass is 32.2. The fourth-order valence-corrected chi connectivity index (χ4v) is 2.24. The van der Waals surface area contributed by atoms with Gasteiger partial charge >= 0.3 is 0 Å². The number of ether oxygens (including phenoxy) is 1. The Balaban J connectivity index is 2.67. The minimum atomic E-state index is -3.12. The van der Waals surface area contributed by atoms with Crippen LogP contribution in [0.3, 0.4) is 0 Å². The molecule has 0 bridgehead atoms. The summed E-state index contributed by atoms with van der Waals surface area (Å²) in [5.41, 5.74) is 0. The standard InChI is InChI=1S/C8H7O3S/c9-12(10)6-5-11-7-3-1-2-4-8(7)12/h1-5H,6H2. The second kappa shape index (κ2) is 2.48. The number of para-hydroxylation sites is 1. The van der Waals surface area contributed by atoms with Crippen molar-refractivity contribution in [2.24, 2.45) is 0 Å². The normalized spacial score (nSPS) is 19.3. The predicted octanol–water partition coefficient (Wildman–Crippen LogP) is 1.01. The molecule has 0 spiro atoms. The van der Waals surface area contributed by atoms with E-state index in [0.29, 0.717) is 5.75 Å². The number of sulfone groups is 1. The van der Waals surface area contributed by atoms with Crippen molar-refractivity contribution < 1.29 is 13.2 Å². The first-order valence-electron chi connectivity index (χ1n) is 3.50. The summed E-state index contributed by atoms with van der Waals surface area (Å²) in [6.07, 6.45) is 0. The van der Waals surface area contributed by atoms with Crippen LogP contribution in [0.25, 0.3) is 0 Å². The van der Waals surface area contributed by atoms with Crippen molar-refractivity contribution in [1.29, 1.82) is 0 Å².